The van der Waals surface area contributed by atoms with Crippen molar-refractivity contribution in [3.63, 3.8) is 0 Å². The summed E-state index contributed by atoms with van der Waals surface area (Å²) in [6, 6.07) is 19.7. The van der Waals surface area contributed by atoms with Crippen molar-refractivity contribution in [3.8, 4) is 0 Å². The van der Waals surface area contributed by atoms with Gasteiger partial charge in [0.2, 0.25) is 0 Å². The van der Waals surface area contributed by atoms with Crippen molar-refractivity contribution in [1.29, 1.82) is 0 Å². The van der Waals surface area contributed by atoms with E-state index >= 15 is 0 Å². The van der Waals surface area contributed by atoms with Crippen molar-refractivity contribution < 1.29 is 23.9 Å². The molecule has 0 aromatic heterocycles. The Labute approximate surface area is 210 Å². The molecule has 0 saturated heterocycles. The Hall–Kier alpha value is -4.46. The zero-order valence-corrected chi connectivity index (χ0v) is 20.5. The molecule has 3 rings (SSSR count). The third kappa shape index (κ3) is 7.80. The maximum atomic E-state index is 12.7. The number of carbonyl (C=O) groups is 4. The number of benzene rings is 3. The molecule has 0 unspecified atom stereocenters. The number of amides is 3. The van der Waals surface area contributed by atoms with Crippen LogP contribution in [0.2, 0.25) is 0 Å². The fourth-order valence-corrected chi connectivity index (χ4v) is 3.52. The van der Waals surface area contributed by atoms with Crippen molar-refractivity contribution in [1.82, 2.24) is 10.6 Å². The zero-order chi connectivity index (χ0) is 26.1. The maximum Gasteiger partial charge on any atom is 0.325 e. The van der Waals surface area contributed by atoms with Crippen molar-refractivity contribution >= 4 is 29.4 Å². The van der Waals surface area contributed by atoms with Crippen LogP contribution in [0.4, 0.5) is 5.69 Å². The Kier molecular flexibility index (Phi) is 8.94. The molecular formula is C28H29N3O5. The van der Waals surface area contributed by atoms with E-state index in [2.05, 4.69) is 16.0 Å². The van der Waals surface area contributed by atoms with E-state index in [1.54, 1.807) is 36.4 Å². The summed E-state index contributed by atoms with van der Waals surface area (Å²) in [5.41, 5.74) is 4.96. The summed E-state index contributed by atoms with van der Waals surface area (Å²) in [4.78, 5) is 49.3. The molecule has 0 spiro atoms. The number of aryl methyl sites for hydroxylation is 3. The summed E-state index contributed by atoms with van der Waals surface area (Å²) in [5, 5.41) is 7.90. The van der Waals surface area contributed by atoms with Gasteiger partial charge in [0.05, 0.1) is 11.3 Å². The van der Waals surface area contributed by atoms with Crippen molar-refractivity contribution in [2.24, 2.45) is 0 Å². The van der Waals surface area contributed by atoms with Crippen molar-refractivity contribution in [2.45, 2.75) is 27.3 Å². The first kappa shape index (κ1) is 26.2. The van der Waals surface area contributed by atoms with Crippen LogP contribution < -0.4 is 16.0 Å². The zero-order valence-electron chi connectivity index (χ0n) is 20.5. The number of esters is 1. The number of para-hydroxylation sites is 1. The van der Waals surface area contributed by atoms with Crippen LogP contribution >= 0.6 is 0 Å². The first-order valence-electron chi connectivity index (χ1n) is 11.5. The minimum Gasteiger partial charge on any atom is -0.454 e. The summed E-state index contributed by atoms with van der Waals surface area (Å²) < 4.78 is 4.96. The lowest BCUT2D eigenvalue weighted by Gasteiger charge is -2.12. The van der Waals surface area contributed by atoms with Gasteiger partial charge in [-0.15, -0.1) is 0 Å². The second kappa shape index (κ2) is 12.3. The second-order valence-electron chi connectivity index (χ2n) is 8.48. The van der Waals surface area contributed by atoms with E-state index in [4.69, 9.17) is 4.74 Å². The van der Waals surface area contributed by atoms with Gasteiger partial charge in [-0.1, -0.05) is 59.2 Å². The molecule has 8 nitrogen and oxygen atoms in total. The van der Waals surface area contributed by atoms with Crippen molar-refractivity contribution in [2.75, 3.05) is 18.5 Å². The molecule has 0 aliphatic rings. The van der Waals surface area contributed by atoms with E-state index in [9.17, 15) is 19.2 Å². The average molecular weight is 488 g/mol. The normalized spacial score (nSPS) is 10.3. The van der Waals surface area contributed by atoms with E-state index in [0.29, 0.717) is 17.8 Å². The van der Waals surface area contributed by atoms with Gasteiger partial charge in [0.25, 0.3) is 17.7 Å². The average Bonchev–Trinajstić information content (AvgIpc) is 2.85. The molecule has 0 saturated carbocycles. The topological polar surface area (TPSA) is 114 Å². The molecule has 3 aromatic rings. The Morgan fingerprint density at radius 1 is 0.750 bits per heavy atom. The predicted octanol–water partition coefficient (Wildman–Crippen LogP) is 3.45. The SMILES string of the molecule is Cc1ccc(CNC(=O)c2ccccc2NC(=O)COC(=O)CNC(=O)c2cc(C)cc(C)c2)cc1. The van der Waals surface area contributed by atoms with Gasteiger partial charge in [0.15, 0.2) is 6.61 Å². The number of anilines is 1. The lowest BCUT2D eigenvalue weighted by atomic mass is 10.1. The smallest absolute Gasteiger partial charge is 0.325 e. The summed E-state index contributed by atoms with van der Waals surface area (Å²) in [6.45, 7) is 5.15. The van der Waals surface area contributed by atoms with Crippen LogP contribution in [-0.4, -0.2) is 36.8 Å². The summed E-state index contributed by atoms with van der Waals surface area (Å²) in [5.74, 6) is -2.12. The molecule has 0 aliphatic carbocycles. The first-order valence-corrected chi connectivity index (χ1v) is 11.5. The van der Waals surface area contributed by atoms with Gasteiger partial charge in [-0.05, 0) is 50.6 Å². The molecule has 0 heterocycles. The van der Waals surface area contributed by atoms with Crippen LogP contribution in [0.1, 0.15) is 43.0 Å². The molecule has 0 atom stereocenters. The minimum absolute atomic E-state index is 0.282. The molecule has 36 heavy (non-hydrogen) atoms. The van der Waals surface area contributed by atoms with Crippen molar-refractivity contribution in [3.05, 3.63) is 100 Å². The monoisotopic (exact) mass is 487 g/mol. The highest BCUT2D eigenvalue weighted by Crippen LogP contribution is 2.15. The van der Waals surface area contributed by atoms with E-state index in [1.807, 2.05) is 51.1 Å². The maximum absolute atomic E-state index is 12.7. The van der Waals surface area contributed by atoms with Gasteiger partial charge in [-0.2, -0.15) is 0 Å². The highest BCUT2D eigenvalue weighted by atomic mass is 16.5. The van der Waals surface area contributed by atoms with Gasteiger partial charge in [-0.3, -0.25) is 19.2 Å². The lowest BCUT2D eigenvalue weighted by Crippen LogP contribution is -2.32. The number of hydrogen-bond acceptors (Lipinski definition) is 5. The fourth-order valence-electron chi connectivity index (χ4n) is 3.52. The van der Waals surface area contributed by atoms with Crippen LogP contribution in [0.15, 0.2) is 66.7 Å². The summed E-state index contributed by atoms with van der Waals surface area (Å²) in [7, 11) is 0. The largest absolute Gasteiger partial charge is 0.454 e. The molecule has 3 amide bonds. The van der Waals surface area contributed by atoms with Crippen LogP contribution in [0.3, 0.4) is 0 Å². The second-order valence-corrected chi connectivity index (χ2v) is 8.48. The molecule has 8 heteroatoms. The van der Waals surface area contributed by atoms with Crippen LogP contribution in [0, 0.1) is 20.8 Å². The van der Waals surface area contributed by atoms with Gasteiger partial charge in [-0.25, -0.2) is 0 Å². The number of rotatable bonds is 9. The standard InChI is InChI=1S/C28H29N3O5/c1-18-8-10-21(11-9-18)15-29-28(35)23-6-4-5-7-24(23)31-25(32)17-36-26(33)16-30-27(34)22-13-19(2)12-20(3)14-22/h4-14H,15-17H2,1-3H3,(H,29,35)(H,30,34)(H,31,32). The molecule has 0 radical (unpaired) electrons. The predicted molar refractivity (Wildman–Crippen MR) is 137 cm³/mol. The molecule has 0 bridgehead atoms. The van der Waals surface area contributed by atoms with E-state index in [0.717, 1.165) is 22.3 Å². The van der Waals surface area contributed by atoms with Crippen LogP contribution in [0.5, 0.6) is 0 Å². The molecule has 186 valence electrons. The highest BCUT2D eigenvalue weighted by molar-refractivity contribution is 6.04. The van der Waals surface area contributed by atoms with E-state index in [1.165, 1.54) is 0 Å². The number of hydrogen-bond donors (Lipinski definition) is 3. The minimum atomic E-state index is -0.757. The number of nitrogens with one attached hydrogen (secondary N) is 3. The van der Waals surface area contributed by atoms with E-state index in [-0.39, 0.29) is 18.0 Å². The first-order chi connectivity index (χ1) is 17.2. The van der Waals surface area contributed by atoms with Gasteiger partial charge >= 0.3 is 5.97 Å². The molecule has 0 fully saturated rings. The van der Waals surface area contributed by atoms with E-state index < -0.39 is 24.4 Å². The Bertz CT molecular complexity index is 1250. The Morgan fingerprint density at radius 3 is 2.11 bits per heavy atom. The lowest BCUT2D eigenvalue weighted by molar-refractivity contribution is -0.146. The summed E-state index contributed by atoms with van der Waals surface area (Å²) in [6.07, 6.45) is 0. The quantitative estimate of drug-likeness (QED) is 0.400. The van der Waals surface area contributed by atoms with Gasteiger partial charge in [0.1, 0.15) is 6.54 Å². The highest BCUT2D eigenvalue weighted by Gasteiger charge is 2.15. The van der Waals surface area contributed by atoms with Crippen LogP contribution in [0.25, 0.3) is 0 Å². The third-order valence-electron chi connectivity index (χ3n) is 5.26. The van der Waals surface area contributed by atoms with Crippen LogP contribution in [-0.2, 0) is 20.9 Å². The molecule has 3 N–H and O–H groups in total. The third-order valence-corrected chi connectivity index (χ3v) is 5.26. The molecule has 0 aliphatic heterocycles. The number of ether oxygens (including phenoxy) is 1. The Balaban J connectivity index is 1.47. The number of carbonyl (C=O) groups excluding carboxylic acids is 4. The fraction of sp³-hybridized carbons (Fsp3) is 0.214. The molecular weight excluding hydrogens is 458 g/mol. The van der Waals surface area contributed by atoms with Gasteiger partial charge in [0, 0.05) is 12.1 Å². The summed E-state index contributed by atoms with van der Waals surface area (Å²) >= 11 is 0. The van der Waals surface area contributed by atoms with Gasteiger partial charge < -0.3 is 20.7 Å². The Morgan fingerprint density at radius 2 is 1.42 bits per heavy atom. The molecule has 3 aromatic carbocycles.